The smallest absolute Gasteiger partial charge is 0.274 e. The van der Waals surface area contributed by atoms with Crippen molar-refractivity contribution in [3.8, 4) is 5.75 Å². The maximum atomic E-state index is 13.9. The summed E-state index contributed by atoms with van der Waals surface area (Å²) in [5, 5.41) is 13.0. The monoisotopic (exact) mass is 489 g/mol. The third kappa shape index (κ3) is 4.96. The Labute approximate surface area is 201 Å². The topological polar surface area (TPSA) is 109 Å². The van der Waals surface area contributed by atoms with Crippen LogP contribution in [0.4, 0.5) is 8.78 Å². The summed E-state index contributed by atoms with van der Waals surface area (Å²) in [6.45, 7) is 7.73. The van der Waals surface area contributed by atoms with Crippen molar-refractivity contribution in [1.82, 2.24) is 14.8 Å². The van der Waals surface area contributed by atoms with Crippen LogP contribution in [0.1, 0.15) is 84.6 Å². The van der Waals surface area contributed by atoms with Crippen LogP contribution in [0, 0.1) is 11.6 Å². The number of carbonyl (C=O) groups is 3. The minimum atomic E-state index is -0.924. The van der Waals surface area contributed by atoms with Crippen LogP contribution in [-0.4, -0.2) is 45.3 Å². The number of benzene rings is 1. The van der Waals surface area contributed by atoms with Crippen LogP contribution in [0.25, 0.3) is 0 Å². The van der Waals surface area contributed by atoms with E-state index in [1.54, 1.807) is 16.4 Å². The molecular formula is C25H29F2N3O5. The first-order valence-corrected chi connectivity index (χ1v) is 11.5. The van der Waals surface area contributed by atoms with Crippen LogP contribution in [0.3, 0.4) is 0 Å². The Morgan fingerprint density at radius 2 is 1.86 bits per heavy atom. The number of aromatic nitrogens is 1. The lowest BCUT2D eigenvalue weighted by atomic mass is 9.99. The summed E-state index contributed by atoms with van der Waals surface area (Å²) in [5.74, 6) is -3.46. The van der Waals surface area contributed by atoms with Crippen LogP contribution < -0.4 is 10.7 Å². The second-order valence-corrected chi connectivity index (χ2v) is 8.76. The van der Waals surface area contributed by atoms with Gasteiger partial charge in [0.2, 0.25) is 5.43 Å². The van der Waals surface area contributed by atoms with Crippen molar-refractivity contribution in [2.45, 2.75) is 59.0 Å². The van der Waals surface area contributed by atoms with E-state index in [4.69, 9.17) is 0 Å². The highest BCUT2D eigenvalue weighted by Gasteiger charge is 2.43. The third-order valence-electron chi connectivity index (χ3n) is 6.36. The van der Waals surface area contributed by atoms with Gasteiger partial charge in [-0.15, -0.1) is 0 Å². The van der Waals surface area contributed by atoms with E-state index in [-0.39, 0.29) is 41.1 Å². The molecule has 2 N–H and O–H groups in total. The number of halogens is 2. The maximum absolute atomic E-state index is 13.9. The van der Waals surface area contributed by atoms with Crippen LogP contribution in [0.2, 0.25) is 0 Å². The van der Waals surface area contributed by atoms with E-state index >= 15 is 0 Å². The van der Waals surface area contributed by atoms with Gasteiger partial charge in [0.15, 0.2) is 11.4 Å². The molecule has 1 aromatic heterocycles. The Bertz CT molecular complexity index is 1240. The predicted octanol–water partition coefficient (Wildman–Crippen LogP) is 3.27. The summed E-state index contributed by atoms with van der Waals surface area (Å²) >= 11 is 0. The highest BCUT2D eigenvalue weighted by Crippen LogP contribution is 2.42. The Hall–Kier alpha value is -3.56. The minimum absolute atomic E-state index is 0.0585. The van der Waals surface area contributed by atoms with Gasteiger partial charge >= 0.3 is 0 Å². The molecule has 35 heavy (non-hydrogen) atoms. The van der Waals surface area contributed by atoms with Gasteiger partial charge < -0.3 is 24.7 Å². The number of hydrogen-bond acceptors (Lipinski definition) is 5. The van der Waals surface area contributed by atoms with Crippen molar-refractivity contribution in [2.75, 3.05) is 13.1 Å². The molecule has 2 unspecified atom stereocenters. The maximum Gasteiger partial charge on any atom is 0.274 e. The van der Waals surface area contributed by atoms with E-state index in [2.05, 4.69) is 5.32 Å². The van der Waals surface area contributed by atoms with Crippen molar-refractivity contribution in [3.05, 3.63) is 62.6 Å². The first-order valence-electron chi connectivity index (χ1n) is 11.5. The summed E-state index contributed by atoms with van der Waals surface area (Å²) < 4.78 is 28.5. The quantitative estimate of drug-likeness (QED) is 0.670. The van der Waals surface area contributed by atoms with Gasteiger partial charge in [-0.3, -0.25) is 14.4 Å². The predicted molar refractivity (Wildman–Crippen MR) is 125 cm³/mol. The molecule has 0 bridgehead atoms. The van der Waals surface area contributed by atoms with E-state index in [0.29, 0.717) is 37.7 Å². The van der Waals surface area contributed by atoms with Gasteiger partial charge in [-0.2, -0.15) is 0 Å². The fourth-order valence-electron chi connectivity index (χ4n) is 4.45. The fraction of sp³-hybridized carbons (Fsp3) is 0.440. The van der Waals surface area contributed by atoms with Crippen molar-refractivity contribution in [2.24, 2.45) is 0 Å². The number of aromatic hydroxyl groups is 1. The summed E-state index contributed by atoms with van der Waals surface area (Å²) in [5.41, 5.74) is -0.792. The standard InChI is InChI=1S/C21H21F2N3O4.C4H8O/c1-3-25-9-13-6-10(2)16-15(18(27)19(28)17(21(25)30)26(13)16)20(29)24-8-11-4-5-12(22)7-14(11)23;1-3-4(2)5/h4-5,7,10,13,28H,3,6,8-9H2,1-2H3,(H,24,29);3H2,1-2H3. The lowest BCUT2D eigenvalue weighted by Gasteiger charge is -2.34. The molecule has 1 aromatic carbocycles. The van der Waals surface area contributed by atoms with E-state index in [9.17, 15) is 33.1 Å². The number of hydrogen-bond donors (Lipinski definition) is 2. The molecule has 2 aliphatic rings. The molecule has 4 rings (SSSR count). The summed E-state index contributed by atoms with van der Waals surface area (Å²) in [4.78, 5) is 49.9. The van der Waals surface area contributed by atoms with E-state index in [1.807, 2.05) is 20.8 Å². The summed E-state index contributed by atoms with van der Waals surface area (Å²) in [6.07, 6.45) is 1.28. The average molecular weight is 490 g/mol. The Balaban J connectivity index is 0.000000623. The van der Waals surface area contributed by atoms with E-state index in [0.717, 1.165) is 6.07 Å². The Kier molecular flexibility index (Phi) is 7.72. The first-order chi connectivity index (χ1) is 16.5. The molecule has 10 heteroatoms. The van der Waals surface area contributed by atoms with Crippen molar-refractivity contribution < 1.29 is 28.3 Å². The van der Waals surface area contributed by atoms with Gasteiger partial charge in [0.05, 0.1) is 6.04 Å². The van der Waals surface area contributed by atoms with E-state index < -0.39 is 34.6 Å². The Morgan fingerprint density at radius 3 is 2.43 bits per heavy atom. The summed E-state index contributed by atoms with van der Waals surface area (Å²) in [6, 6.07) is 2.84. The number of ketones is 1. The summed E-state index contributed by atoms with van der Waals surface area (Å²) in [7, 11) is 0. The Morgan fingerprint density at radius 1 is 1.20 bits per heavy atom. The van der Waals surface area contributed by atoms with Gasteiger partial charge in [-0.05, 0) is 32.3 Å². The van der Waals surface area contributed by atoms with Crippen molar-refractivity contribution in [3.63, 3.8) is 0 Å². The molecule has 0 aliphatic carbocycles. The second-order valence-electron chi connectivity index (χ2n) is 8.76. The highest BCUT2D eigenvalue weighted by atomic mass is 19.1. The molecule has 0 saturated carbocycles. The fourth-order valence-corrected chi connectivity index (χ4v) is 4.45. The number of nitrogens with zero attached hydrogens (tertiary/aromatic N) is 2. The zero-order chi connectivity index (χ0) is 26.0. The molecule has 3 heterocycles. The van der Waals surface area contributed by atoms with Crippen LogP contribution in [0.15, 0.2) is 23.0 Å². The molecule has 2 aromatic rings. The molecule has 0 fully saturated rings. The second kappa shape index (κ2) is 10.4. The molecule has 0 spiro atoms. The van der Waals surface area contributed by atoms with Gasteiger partial charge in [0.1, 0.15) is 23.0 Å². The molecule has 0 radical (unpaired) electrons. The zero-order valence-electron chi connectivity index (χ0n) is 20.2. The lowest BCUT2D eigenvalue weighted by Crippen LogP contribution is -2.44. The van der Waals surface area contributed by atoms with Crippen molar-refractivity contribution >= 4 is 17.6 Å². The van der Waals surface area contributed by atoms with Crippen LogP contribution >= 0.6 is 0 Å². The molecule has 2 atom stereocenters. The number of Topliss-reactive ketones (excluding diaryl/α,β-unsaturated/α-hetero) is 1. The number of nitrogens with one attached hydrogen (secondary N) is 1. The number of carbonyl (C=O) groups excluding carboxylic acids is 3. The largest absolute Gasteiger partial charge is 0.503 e. The van der Waals surface area contributed by atoms with Gasteiger partial charge in [0, 0.05) is 43.4 Å². The normalized spacial score (nSPS) is 18.0. The number of pyridine rings is 1. The van der Waals surface area contributed by atoms with Crippen molar-refractivity contribution in [1.29, 1.82) is 0 Å². The first kappa shape index (κ1) is 26.1. The SMILES string of the molecule is CCC(C)=O.CCN1CC2CC(C)c3c(C(=O)NCc4ccc(F)cc4F)c(=O)c(O)c(n32)C1=O. The average Bonchev–Trinajstić information content (AvgIpc) is 3.13. The zero-order valence-corrected chi connectivity index (χ0v) is 20.2. The molecule has 2 aliphatic heterocycles. The molecular weight excluding hydrogens is 460 g/mol. The minimum Gasteiger partial charge on any atom is -0.503 e. The highest BCUT2D eigenvalue weighted by molar-refractivity contribution is 6.00. The van der Waals surface area contributed by atoms with Gasteiger partial charge in [-0.1, -0.05) is 19.9 Å². The molecule has 8 nitrogen and oxygen atoms in total. The number of likely N-dealkylation sites (N-methyl/N-ethyl adjacent to an activating group) is 1. The van der Waals surface area contributed by atoms with E-state index in [1.165, 1.54) is 6.07 Å². The third-order valence-corrected chi connectivity index (χ3v) is 6.36. The van der Waals surface area contributed by atoms with Gasteiger partial charge in [0.25, 0.3) is 11.8 Å². The molecule has 188 valence electrons. The number of rotatable bonds is 5. The van der Waals surface area contributed by atoms with Gasteiger partial charge in [-0.25, -0.2) is 8.78 Å². The molecule has 0 saturated heterocycles. The number of amides is 2. The lowest BCUT2D eigenvalue weighted by molar-refractivity contribution is -0.116. The molecule has 2 amide bonds. The van der Waals surface area contributed by atoms with Crippen LogP contribution in [0.5, 0.6) is 5.75 Å². The van der Waals surface area contributed by atoms with Crippen LogP contribution in [-0.2, 0) is 11.3 Å².